The van der Waals surface area contributed by atoms with Gasteiger partial charge in [-0.15, -0.1) is 0 Å². The highest BCUT2D eigenvalue weighted by Gasteiger charge is 2.20. The molecule has 0 radical (unpaired) electrons. The molecule has 0 aliphatic heterocycles. The highest BCUT2D eigenvalue weighted by molar-refractivity contribution is 5.78. The van der Waals surface area contributed by atoms with Gasteiger partial charge in [-0.05, 0) is 18.0 Å². The molecule has 0 saturated carbocycles. The third-order valence-corrected chi connectivity index (χ3v) is 2.75. The number of nitrogens with one attached hydrogen (secondary N) is 1. The number of aromatic amines is 1. The Kier molecular flexibility index (Phi) is 3.78. The maximum atomic E-state index is 10.1. The van der Waals surface area contributed by atoms with Crippen molar-refractivity contribution in [2.75, 3.05) is 6.54 Å². The molecule has 1 aromatic heterocycles. The third kappa shape index (κ3) is 2.43. The summed E-state index contributed by atoms with van der Waals surface area (Å²) in [5.74, 6) is 0. The topological polar surface area (TPSA) is 118 Å². The lowest BCUT2D eigenvalue weighted by atomic mass is 10.0. The number of aliphatic hydroxyl groups is 2. The summed E-state index contributed by atoms with van der Waals surface area (Å²) in [7, 11) is 0. The van der Waals surface area contributed by atoms with Crippen molar-refractivity contribution in [3.05, 3.63) is 40.5 Å². The Bertz CT molecular complexity index is 576. The first-order valence-electron chi connectivity index (χ1n) is 5.53. The molecule has 3 N–H and O–H groups in total. The second kappa shape index (κ2) is 5.50. The molecule has 0 fully saturated rings. The van der Waals surface area contributed by atoms with Gasteiger partial charge in [0.05, 0.1) is 23.5 Å². The van der Waals surface area contributed by atoms with Crippen molar-refractivity contribution in [3.8, 4) is 0 Å². The van der Waals surface area contributed by atoms with Crippen molar-refractivity contribution in [3.63, 3.8) is 0 Å². The quantitative estimate of drug-likeness (QED) is 0.423. The summed E-state index contributed by atoms with van der Waals surface area (Å²) in [5.41, 5.74) is 10.1. The number of aromatic nitrogens is 2. The van der Waals surface area contributed by atoms with Gasteiger partial charge in [0.15, 0.2) is 0 Å². The fraction of sp³-hybridized carbons (Fsp3) is 0.364. The standard InChI is InChI=1S/C11H13N5O2/c12-16-15-5-4-9(17)11(18)7-2-1-3-8-10(7)14-6-13-8/h1-3,6,9,11,17-18H,4-5H2,(H,13,14). The molecule has 7 heteroatoms. The molecular formula is C11H13N5O2. The van der Waals surface area contributed by atoms with Crippen LogP contribution in [0.25, 0.3) is 21.5 Å². The number of fused-ring (bicyclic) bond motifs is 1. The minimum atomic E-state index is -1.05. The van der Waals surface area contributed by atoms with E-state index < -0.39 is 12.2 Å². The molecule has 2 atom stereocenters. The molecule has 18 heavy (non-hydrogen) atoms. The summed E-state index contributed by atoms with van der Waals surface area (Å²) in [5, 5.41) is 23.2. The van der Waals surface area contributed by atoms with Crippen LogP contribution in [0.5, 0.6) is 0 Å². The normalized spacial score (nSPS) is 14.1. The average Bonchev–Trinajstić information content (AvgIpc) is 2.86. The van der Waals surface area contributed by atoms with E-state index in [0.29, 0.717) is 11.1 Å². The van der Waals surface area contributed by atoms with Crippen molar-refractivity contribution in [2.24, 2.45) is 5.11 Å². The Morgan fingerprint density at radius 3 is 3.06 bits per heavy atom. The molecule has 7 nitrogen and oxygen atoms in total. The van der Waals surface area contributed by atoms with E-state index in [1.807, 2.05) is 6.07 Å². The number of H-pyrrole nitrogens is 1. The zero-order chi connectivity index (χ0) is 13.0. The monoisotopic (exact) mass is 247 g/mol. The van der Waals surface area contributed by atoms with Gasteiger partial charge in [0.1, 0.15) is 6.10 Å². The average molecular weight is 247 g/mol. The highest BCUT2D eigenvalue weighted by Crippen LogP contribution is 2.25. The van der Waals surface area contributed by atoms with E-state index in [4.69, 9.17) is 5.53 Å². The molecule has 0 bridgehead atoms. The van der Waals surface area contributed by atoms with Gasteiger partial charge in [0.2, 0.25) is 0 Å². The van der Waals surface area contributed by atoms with Gasteiger partial charge in [0, 0.05) is 17.0 Å². The second-order valence-electron chi connectivity index (χ2n) is 3.90. The maximum absolute atomic E-state index is 10.1. The number of para-hydroxylation sites is 1. The van der Waals surface area contributed by atoms with Gasteiger partial charge in [0.25, 0.3) is 0 Å². The van der Waals surface area contributed by atoms with Crippen LogP contribution in [0.1, 0.15) is 18.1 Å². The van der Waals surface area contributed by atoms with Crippen LogP contribution in [-0.2, 0) is 0 Å². The zero-order valence-electron chi connectivity index (χ0n) is 9.56. The predicted molar refractivity (Wildman–Crippen MR) is 65.7 cm³/mol. The lowest BCUT2D eigenvalue weighted by Gasteiger charge is -2.17. The van der Waals surface area contributed by atoms with E-state index >= 15 is 0 Å². The number of benzene rings is 1. The van der Waals surface area contributed by atoms with Crippen LogP contribution in [0.3, 0.4) is 0 Å². The molecule has 2 rings (SSSR count). The van der Waals surface area contributed by atoms with Gasteiger partial charge in [-0.3, -0.25) is 0 Å². The molecule has 2 unspecified atom stereocenters. The Morgan fingerprint density at radius 2 is 2.28 bits per heavy atom. The molecule has 0 spiro atoms. The first kappa shape index (κ1) is 12.4. The summed E-state index contributed by atoms with van der Waals surface area (Å²) in [6.07, 6.45) is -0.303. The zero-order valence-corrected chi connectivity index (χ0v) is 9.56. The molecular weight excluding hydrogens is 234 g/mol. The molecule has 0 amide bonds. The molecule has 94 valence electrons. The van der Waals surface area contributed by atoms with Crippen molar-refractivity contribution in [2.45, 2.75) is 18.6 Å². The third-order valence-electron chi connectivity index (χ3n) is 2.75. The number of aliphatic hydroxyl groups excluding tert-OH is 2. The van der Waals surface area contributed by atoms with Gasteiger partial charge in [-0.1, -0.05) is 17.2 Å². The predicted octanol–water partition coefficient (Wildman–Crippen LogP) is 1.66. The summed E-state index contributed by atoms with van der Waals surface area (Å²) in [4.78, 5) is 9.64. The summed E-state index contributed by atoms with van der Waals surface area (Å²) in [6.45, 7) is 0.144. The van der Waals surface area contributed by atoms with Crippen LogP contribution in [0.2, 0.25) is 0 Å². The fourth-order valence-electron chi connectivity index (χ4n) is 1.83. The Morgan fingerprint density at radius 1 is 1.44 bits per heavy atom. The number of azide groups is 1. The van der Waals surface area contributed by atoms with Crippen molar-refractivity contribution in [1.82, 2.24) is 9.97 Å². The van der Waals surface area contributed by atoms with Gasteiger partial charge in [-0.25, -0.2) is 4.98 Å². The summed E-state index contributed by atoms with van der Waals surface area (Å²) < 4.78 is 0. The minimum Gasteiger partial charge on any atom is -0.390 e. The van der Waals surface area contributed by atoms with E-state index in [1.165, 1.54) is 6.33 Å². The molecule has 0 saturated heterocycles. The largest absolute Gasteiger partial charge is 0.390 e. The number of imidazole rings is 1. The van der Waals surface area contributed by atoms with Crippen LogP contribution in [0.15, 0.2) is 29.6 Å². The van der Waals surface area contributed by atoms with Crippen LogP contribution >= 0.6 is 0 Å². The van der Waals surface area contributed by atoms with Crippen molar-refractivity contribution in [1.29, 1.82) is 0 Å². The van der Waals surface area contributed by atoms with E-state index in [9.17, 15) is 10.2 Å². The molecule has 1 heterocycles. The van der Waals surface area contributed by atoms with Gasteiger partial charge in [-0.2, -0.15) is 0 Å². The number of hydrogen-bond donors (Lipinski definition) is 3. The Labute approximate surface area is 103 Å². The van der Waals surface area contributed by atoms with E-state index in [-0.39, 0.29) is 13.0 Å². The van der Waals surface area contributed by atoms with Crippen molar-refractivity contribution >= 4 is 11.0 Å². The van der Waals surface area contributed by atoms with Crippen LogP contribution in [0, 0.1) is 0 Å². The van der Waals surface area contributed by atoms with Crippen LogP contribution in [-0.4, -0.2) is 32.8 Å². The molecule has 0 aliphatic carbocycles. The molecule has 1 aromatic carbocycles. The first-order chi connectivity index (χ1) is 8.74. The SMILES string of the molecule is [N-]=[N+]=NCCC(O)C(O)c1cccc2[nH]cnc12. The Hall–Kier alpha value is -2.08. The maximum Gasteiger partial charge on any atom is 0.107 e. The van der Waals surface area contributed by atoms with Crippen LogP contribution < -0.4 is 0 Å². The van der Waals surface area contributed by atoms with Gasteiger partial charge < -0.3 is 15.2 Å². The summed E-state index contributed by atoms with van der Waals surface area (Å²) in [6, 6.07) is 5.33. The molecule has 2 aromatic rings. The molecule has 0 aliphatic rings. The lowest BCUT2D eigenvalue weighted by molar-refractivity contribution is 0.0158. The highest BCUT2D eigenvalue weighted by atomic mass is 16.3. The minimum absolute atomic E-state index is 0.144. The smallest absolute Gasteiger partial charge is 0.107 e. The second-order valence-corrected chi connectivity index (χ2v) is 3.90. The van der Waals surface area contributed by atoms with Gasteiger partial charge >= 0.3 is 0 Å². The number of nitrogens with zero attached hydrogens (tertiary/aromatic N) is 4. The van der Waals surface area contributed by atoms with E-state index in [1.54, 1.807) is 12.1 Å². The fourth-order valence-corrected chi connectivity index (χ4v) is 1.83. The van der Waals surface area contributed by atoms with E-state index in [0.717, 1.165) is 5.52 Å². The summed E-state index contributed by atoms with van der Waals surface area (Å²) >= 11 is 0. The number of rotatable bonds is 5. The Balaban J connectivity index is 2.19. The van der Waals surface area contributed by atoms with E-state index in [2.05, 4.69) is 20.0 Å². The van der Waals surface area contributed by atoms with Crippen molar-refractivity contribution < 1.29 is 10.2 Å². The van der Waals surface area contributed by atoms with Crippen LogP contribution in [0.4, 0.5) is 0 Å². The lowest BCUT2D eigenvalue weighted by Crippen LogP contribution is -2.19. The first-order valence-corrected chi connectivity index (χ1v) is 5.53. The number of hydrogen-bond acceptors (Lipinski definition) is 4.